The molecule has 0 radical (unpaired) electrons. The van der Waals surface area contributed by atoms with Crippen molar-refractivity contribution in [3.63, 3.8) is 0 Å². The summed E-state index contributed by atoms with van der Waals surface area (Å²) in [5.74, 6) is -1.26. The molecule has 2 aromatic carbocycles. The van der Waals surface area contributed by atoms with Crippen molar-refractivity contribution in [3.05, 3.63) is 59.4 Å². The highest BCUT2D eigenvalue weighted by Gasteiger charge is 2.50. The molecule has 3 rings (SSSR count). The molecule has 5 heteroatoms. The van der Waals surface area contributed by atoms with Crippen LogP contribution in [0.25, 0.3) is 0 Å². The molecule has 1 amide bonds. The van der Waals surface area contributed by atoms with Gasteiger partial charge in [0.05, 0.1) is 12.7 Å². The van der Waals surface area contributed by atoms with E-state index in [1.54, 1.807) is 24.3 Å². The van der Waals surface area contributed by atoms with Crippen molar-refractivity contribution in [2.24, 2.45) is 0 Å². The number of halogens is 1. The standard InChI is InChI=1S/C15H12FNO3/c1-20-12-8-4-6-10(16)13(12)15(19)9-5-2-3-7-11(9)17-14(15)18/h2-8,19H,1H3,(H,17,18). The maximum atomic E-state index is 14.2. The van der Waals surface area contributed by atoms with E-state index in [1.807, 2.05) is 0 Å². The SMILES string of the molecule is COc1cccc(F)c1C1(O)C(=O)Nc2ccccc21. The van der Waals surface area contributed by atoms with Crippen molar-refractivity contribution in [3.8, 4) is 5.75 Å². The summed E-state index contributed by atoms with van der Waals surface area (Å²) in [7, 11) is 1.36. The van der Waals surface area contributed by atoms with Gasteiger partial charge in [-0.05, 0) is 18.2 Å². The summed E-state index contributed by atoms with van der Waals surface area (Å²) in [5.41, 5.74) is -1.49. The second kappa shape index (κ2) is 4.31. The summed E-state index contributed by atoms with van der Waals surface area (Å²) in [5, 5.41) is 13.4. The number of methoxy groups -OCH3 is 1. The predicted molar refractivity (Wildman–Crippen MR) is 71.0 cm³/mol. The van der Waals surface area contributed by atoms with Gasteiger partial charge in [0.25, 0.3) is 5.91 Å². The van der Waals surface area contributed by atoms with Crippen LogP contribution in [0.3, 0.4) is 0 Å². The Kier molecular flexibility index (Phi) is 2.72. The lowest BCUT2D eigenvalue weighted by atomic mass is 9.86. The van der Waals surface area contributed by atoms with Crippen LogP contribution in [-0.4, -0.2) is 18.1 Å². The largest absolute Gasteiger partial charge is 0.496 e. The summed E-state index contributed by atoms with van der Waals surface area (Å²) < 4.78 is 19.3. The molecular weight excluding hydrogens is 261 g/mol. The molecule has 1 aliphatic heterocycles. The van der Waals surface area contributed by atoms with Crippen LogP contribution >= 0.6 is 0 Å². The number of aliphatic hydroxyl groups is 1. The summed E-state index contributed by atoms with van der Waals surface area (Å²) in [6.07, 6.45) is 0. The van der Waals surface area contributed by atoms with Gasteiger partial charge in [0.2, 0.25) is 5.60 Å². The number of nitrogens with one attached hydrogen (secondary N) is 1. The van der Waals surface area contributed by atoms with Gasteiger partial charge >= 0.3 is 0 Å². The molecule has 0 bridgehead atoms. The average Bonchev–Trinajstić information content (AvgIpc) is 2.71. The molecule has 1 aliphatic rings. The summed E-state index contributed by atoms with van der Waals surface area (Å²) in [6.45, 7) is 0. The fraction of sp³-hybridized carbons (Fsp3) is 0.133. The first-order chi connectivity index (χ1) is 9.59. The van der Waals surface area contributed by atoms with Gasteiger partial charge in [0.1, 0.15) is 11.6 Å². The first kappa shape index (κ1) is 12.6. The smallest absolute Gasteiger partial charge is 0.266 e. The molecule has 20 heavy (non-hydrogen) atoms. The molecule has 2 aromatic rings. The zero-order valence-corrected chi connectivity index (χ0v) is 10.7. The van der Waals surface area contributed by atoms with Crippen LogP contribution in [0.5, 0.6) is 5.75 Å². The van der Waals surface area contributed by atoms with Crippen LogP contribution in [-0.2, 0) is 10.4 Å². The third-order valence-corrected chi connectivity index (χ3v) is 3.45. The number of para-hydroxylation sites is 1. The molecule has 1 unspecified atom stereocenters. The zero-order valence-electron chi connectivity index (χ0n) is 10.7. The van der Waals surface area contributed by atoms with Crippen molar-refractivity contribution in [1.82, 2.24) is 0 Å². The summed E-state index contributed by atoms with van der Waals surface area (Å²) >= 11 is 0. The Morgan fingerprint density at radius 1 is 1.20 bits per heavy atom. The highest BCUT2D eigenvalue weighted by Crippen LogP contribution is 2.44. The maximum Gasteiger partial charge on any atom is 0.266 e. The third-order valence-electron chi connectivity index (χ3n) is 3.45. The number of anilines is 1. The molecule has 0 spiro atoms. The monoisotopic (exact) mass is 273 g/mol. The van der Waals surface area contributed by atoms with Crippen LogP contribution in [0.2, 0.25) is 0 Å². The minimum atomic E-state index is -2.09. The predicted octanol–water partition coefficient (Wildman–Crippen LogP) is 2.02. The number of carbonyl (C=O) groups is 1. The highest BCUT2D eigenvalue weighted by atomic mass is 19.1. The second-order valence-electron chi connectivity index (χ2n) is 4.53. The number of benzene rings is 2. The third kappa shape index (κ3) is 1.53. The molecule has 2 N–H and O–H groups in total. The number of hydrogen-bond donors (Lipinski definition) is 2. The Hall–Kier alpha value is -2.40. The van der Waals surface area contributed by atoms with E-state index in [2.05, 4.69) is 5.32 Å². The number of hydrogen-bond acceptors (Lipinski definition) is 3. The first-order valence-corrected chi connectivity index (χ1v) is 6.05. The van der Waals surface area contributed by atoms with Crippen LogP contribution in [0.1, 0.15) is 11.1 Å². The van der Waals surface area contributed by atoms with Crippen LogP contribution in [0.4, 0.5) is 10.1 Å². The van der Waals surface area contributed by atoms with Crippen molar-refractivity contribution in [2.75, 3.05) is 12.4 Å². The van der Waals surface area contributed by atoms with E-state index in [0.29, 0.717) is 11.3 Å². The topological polar surface area (TPSA) is 58.6 Å². The van der Waals surface area contributed by atoms with Crippen molar-refractivity contribution in [2.45, 2.75) is 5.60 Å². The van der Waals surface area contributed by atoms with Gasteiger partial charge in [-0.3, -0.25) is 4.79 Å². The molecule has 1 atom stereocenters. The number of ether oxygens (including phenoxy) is 1. The van der Waals surface area contributed by atoms with E-state index in [9.17, 15) is 14.3 Å². The van der Waals surface area contributed by atoms with Gasteiger partial charge in [0, 0.05) is 11.3 Å². The molecule has 0 saturated carbocycles. The second-order valence-corrected chi connectivity index (χ2v) is 4.53. The summed E-state index contributed by atoms with van der Waals surface area (Å²) in [4.78, 5) is 12.2. The van der Waals surface area contributed by atoms with Gasteiger partial charge in [-0.25, -0.2) is 4.39 Å². The first-order valence-electron chi connectivity index (χ1n) is 6.05. The fourth-order valence-corrected chi connectivity index (χ4v) is 2.52. The Labute approximate surface area is 114 Å². The molecule has 102 valence electrons. The minimum Gasteiger partial charge on any atom is -0.496 e. The van der Waals surface area contributed by atoms with E-state index in [0.717, 1.165) is 0 Å². The average molecular weight is 273 g/mol. The van der Waals surface area contributed by atoms with Gasteiger partial charge < -0.3 is 15.2 Å². The van der Waals surface area contributed by atoms with Crippen molar-refractivity contribution in [1.29, 1.82) is 0 Å². The summed E-state index contributed by atoms with van der Waals surface area (Å²) in [6, 6.07) is 10.8. The lowest BCUT2D eigenvalue weighted by molar-refractivity contribution is -0.130. The molecular formula is C15H12FNO3. The normalized spacial score (nSPS) is 20.4. The molecule has 4 nitrogen and oxygen atoms in total. The number of carbonyl (C=O) groups excluding carboxylic acids is 1. The van der Waals surface area contributed by atoms with Gasteiger partial charge in [-0.1, -0.05) is 24.3 Å². The quantitative estimate of drug-likeness (QED) is 0.880. The van der Waals surface area contributed by atoms with Crippen LogP contribution < -0.4 is 10.1 Å². The van der Waals surface area contributed by atoms with Crippen molar-refractivity contribution < 1.29 is 19.0 Å². The van der Waals surface area contributed by atoms with Crippen LogP contribution in [0.15, 0.2) is 42.5 Å². The molecule has 0 saturated heterocycles. The van der Waals surface area contributed by atoms with E-state index < -0.39 is 17.3 Å². The lowest BCUT2D eigenvalue weighted by Gasteiger charge is -2.24. The van der Waals surface area contributed by atoms with E-state index in [-0.39, 0.29) is 11.3 Å². The Bertz CT molecular complexity index is 701. The number of rotatable bonds is 2. The Morgan fingerprint density at radius 3 is 2.70 bits per heavy atom. The van der Waals surface area contributed by atoms with E-state index >= 15 is 0 Å². The highest BCUT2D eigenvalue weighted by molar-refractivity contribution is 6.07. The fourth-order valence-electron chi connectivity index (χ4n) is 2.52. The van der Waals surface area contributed by atoms with Gasteiger partial charge in [-0.2, -0.15) is 0 Å². The van der Waals surface area contributed by atoms with E-state index in [4.69, 9.17) is 4.74 Å². The van der Waals surface area contributed by atoms with Crippen molar-refractivity contribution >= 4 is 11.6 Å². The molecule has 0 fully saturated rings. The molecule has 1 heterocycles. The molecule has 0 aromatic heterocycles. The Morgan fingerprint density at radius 2 is 1.95 bits per heavy atom. The van der Waals surface area contributed by atoms with Crippen LogP contribution in [0, 0.1) is 5.82 Å². The maximum absolute atomic E-state index is 14.2. The lowest BCUT2D eigenvalue weighted by Crippen LogP contribution is -2.36. The number of amides is 1. The van der Waals surface area contributed by atoms with E-state index in [1.165, 1.54) is 25.3 Å². The van der Waals surface area contributed by atoms with Gasteiger partial charge in [0.15, 0.2) is 0 Å². The zero-order chi connectivity index (χ0) is 14.3. The Balaban J connectivity index is 2.31. The van der Waals surface area contributed by atoms with Gasteiger partial charge in [-0.15, -0.1) is 0 Å². The number of fused-ring (bicyclic) bond motifs is 1. The molecule has 0 aliphatic carbocycles. The minimum absolute atomic E-state index is 0.124.